The molecular formula is C15H15NO. The van der Waals surface area contributed by atoms with Crippen molar-refractivity contribution in [3.8, 4) is 0 Å². The van der Waals surface area contributed by atoms with E-state index >= 15 is 0 Å². The Morgan fingerprint density at radius 2 is 1.65 bits per heavy atom. The van der Waals surface area contributed by atoms with Crippen LogP contribution in [0.15, 0.2) is 54.6 Å². The largest absolute Gasteiger partial charge is 0.310 e. The molecule has 1 amide bonds. The zero-order valence-electron chi connectivity index (χ0n) is 9.84. The van der Waals surface area contributed by atoms with Gasteiger partial charge in [0.1, 0.15) is 0 Å². The predicted octanol–water partition coefficient (Wildman–Crippen LogP) is 3.16. The molecule has 0 saturated carbocycles. The van der Waals surface area contributed by atoms with Crippen LogP contribution in [-0.2, 0) is 11.3 Å². The molecule has 0 saturated heterocycles. The van der Waals surface area contributed by atoms with Crippen LogP contribution >= 0.6 is 0 Å². The average Bonchev–Trinajstić information content (AvgIpc) is 2.38. The standard InChI is InChI=1S/C15H15NO/c1-13-7-5-6-10-15(13)16(12-17)11-14-8-3-2-4-9-14/h2-10,12H,11H2,1H3. The Morgan fingerprint density at radius 3 is 2.29 bits per heavy atom. The lowest BCUT2D eigenvalue weighted by Gasteiger charge is -2.19. The summed E-state index contributed by atoms with van der Waals surface area (Å²) in [6.45, 7) is 2.62. The van der Waals surface area contributed by atoms with Gasteiger partial charge < -0.3 is 4.90 Å². The van der Waals surface area contributed by atoms with E-state index in [1.54, 1.807) is 4.90 Å². The van der Waals surface area contributed by atoms with Crippen molar-refractivity contribution in [2.24, 2.45) is 0 Å². The molecular weight excluding hydrogens is 210 g/mol. The summed E-state index contributed by atoms with van der Waals surface area (Å²) in [4.78, 5) is 12.9. The summed E-state index contributed by atoms with van der Waals surface area (Å²) in [7, 11) is 0. The van der Waals surface area contributed by atoms with Crippen LogP contribution in [0.25, 0.3) is 0 Å². The van der Waals surface area contributed by atoms with Gasteiger partial charge in [0.25, 0.3) is 0 Å². The minimum atomic E-state index is 0.606. The van der Waals surface area contributed by atoms with Crippen molar-refractivity contribution < 1.29 is 4.79 Å². The van der Waals surface area contributed by atoms with Crippen molar-refractivity contribution in [2.75, 3.05) is 4.90 Å². The molecule has 0 aliphatic carbocycles. The van der Waals surface area contributed by atoms with Gasteiger partial charge in [0.05, 0.1) is 6.54 Å². The summed E-state index contributed by atoms with van der Waals surface area (Å²) in [6.07, 6.45) is 0.884. The number of hydrogen-bond donors (Lipinski definition) is 0. The first-order chi connectivity index (χ1) is 8.31. The molecule has 2 rings (SSSR count). The molecule has 2 nitrogen and oxygen atoms in total. The highest BCUT2D eigenvalue weighted by Gasteiger charge is 2.07. The average molecular weight is 225 g/mol. The van der Waals surface area contributed by atoms with E-state index in [1.165, 1.54) is 0 Å². The second-order valence-corrected chi connectivity index (χ2v) is 4.01. The highest BCUT2D eigenvalue weighted by Crippen LogP contribution is 2.19. The fraction of sp³-hybridized carbons (Fsp3) is 0.133. The minimum absolute atomic E-state index is 0.606. The monoisotopic (exact) mass is 225 g/mol. The van der Waals surface area contributed by atoms with Crippen molar-refractivity contribution in [3.63, 3.8) is 0 Å². The molecule has 0 bridgehead atoms. The van der Waals surface area contributed by atoms with Crippen LogP contribution in [0.3, 0.4) is 0 Å². The lowest BCUT2D eigenvalue weighted by atomic mass is 10.1. The van der Waals surface area contributed by atoms with Gasteiger partial charge in [-0.3, -0.25) is 4.79 Å². The quantitative estimate of drug-likeness (QED) is 0.732. The molecule has 0 aromatic heterocycles. The van der Waals surface area contributed by atoms with Crippen LogP contribution in [-0.4, -0.2) is 6.41 Å². The van der Waals surface area contributed by atoms with Crippen LogP contribution in [0.5, 0.6) is 0 Å². The second kappa shape index (κ2) is 5.30. The summed E-state index contributed by atoms with van der Waals surface area (Å²) in [5.74, 6) is 0. The Kier molecular flexibility index (Phi) is 3.55. The lowest BCUT2D eigenvalue weighted by molar-refractivity contribution is -0.107. The van der Waals surface area contributed by atoms with Gasteiger partial charge in [-0.15, -0.1) is 0 Å². The van der Waals surface area contributed by atoms with Gasteiger partial charge in [0.2, 0.25) is 6.41 Å². The first-order valence-corrected chi connectivity index (χ1v) is 5.63. The first-order valence-electron chi connectivity index (χ1n) is 5.63. The van der Waals surface area contributed by atoms with Crippen molar-refractivity contribution in [2.45, 2.75) is 13.5 Å². The molecule has 0 spiro atoms. The second-order valence-electron chi connectivity index (χ2n) is 4.01. The van der Waals surface area contributed by atoms with Crippen molar-refractivity contribution in [3.05, 3.63) is 65.7 Å². The molecule has 0 aliphatic heterocycles. The van der Waals surface area contributed by atoms with Crippen LogP contribution in [0.4, 0.5) is 5.69 Å². The van der Waals surface area contributed by atoms with Gasteiger partial charge in [-0.25, -0.2) is 0 Å². The summed E-state index contributed by atoms with van der Waals surface area (Å²) in [6, 6.07) is 17.9. The number of rotatable bonds is 4. The Hall–Kier alpha value is -2.09. The molecule has 2 aromatic carbocycles. The van der Waals surface area contributed by atoms with Crippen molar-refractivity contribution in [1.29, 1.82) is 0 Å². The molecule has 0 heterocycles. The summed E-state index contributed by atoms with van der Waals surface area (Å²) < 4.78 is 0. The molecule has 0 aliphatic rings. The summed E-state index contributed by atoms with van der Waals surface area (Å²) in [5.41, 5.74) is 3.20. The van der Waals surface area contributed by atoms with E-state index in [0.29, 0.717) is 6.54 Å². The number of para-hydroxylation sites is 1. The normalized spacial score (nSPS) is 9.94. The van der Waals surface area contributed by atoms with Gasteiger partial charge >= 0.3 is 0 Å². The van der Waals surface area contributed by atoms with E-state index in [4.69, 9.17) is 0 Å². The van der Waals surface area contributed by atoms with E-state index < -0.39 is 0 Å². The molecule has 2 heteroatoms. The Labute approximate surface area is 102 Å². The third-order valence-corrected chi connectivity index (χ3v) is 2.75. The van der Waals surface area contributed by atoms with Crippen LogP contribution < -0.4 is 4.90 Å². The fourth-order valence-electron chi connectivity index (χ4n) is 1.85. The van der Waals surface area contributed by atoms with E-state index in [-0.39, 0.29) is 0 Å². The number of aryl methyl sites for hydroxylation is 1. The summed E-state index contributed by atoms with van der Waals surface area (Å²) in [5, 5.41) is 0. The molecule has 0 atom stereocenters. The molecule has 2 aromatic rings. The molecule has 86 valence electrons. The number of amides is 1. The molecule has 0 unspecified atom stereocenters. The summed E-state index contributed by atoms with van der Waals surface area (Å²) >= 11 is 0. The molecule has 17 heavy (non-hydrogen) atoms. The smallest absolute Gasteiger partial charge is 0.214 e. The van der Waals surface area contributed by atoms with Gasteiger partial charge in [0.15, 0.2) is 0 Å². The predicted molar refractivity (Wildman–Crippen MR) is 69.9 cm³/mol. The van der Waals surface area contributed by atoms with Crippen molar-refractivity contribution >= 4 is 12.1 Å². The number of anilines is 1. The van der Waals surface area contributed by atoms with Crippen LogP contribution in [0.1, 0.15) is 11.1 Å². The molecule has 0 fully saturated rings. The van der Waals surface area contributed by atoms with Crippen molar-refractivity contribution in [1.82, 2.24) is 0 Å². The maximum Gasteiger partial charge on any atom is 0.214 e. The minimum Gasteiger partial charge on any atom is -0.310 e. The number of carbonyl (C=O) groups excluding carboxylic acids is 1. The highest BCUT2D eigenvalue weighted by atomic mass is 16.1. The van der Waals surface area contributed by atoms with Crippen LogP contribution in [0.2, 0.25) is 0 Å². The fourth-order valence-corrected chi connectivity index (χ4v) is 1.85. The van der Waals surface area contributed by atoms with Crippen LogP contribution in [0, 0.1) is 6.92 Å². The molecule has 0 radical (unpaired) electrons. The topological polar surface area (TPSA) is 20.3 Å². The highest BCUT2D eigenvalue weighted by molar-refractivity contribution is 5.76. The Morgan fingerprint density at radius 1 is 1.00 bits per heavy atom. The van der Waals surface area contributed by atoms with Gasteiger partial charge in [-0.2, -0.15) is 0 Å². The Balaban J connectivity index is 2.24. The van der Waals surface area contributed by atoms with E-state index in [9.17, 15) is 4.79 Å². The number of nitrogens with zero attached hydrogens (tertiary/aromatic N) is 1. The first kappa shape index (κ1) is 11.4. The Bertz CT molecular complexity index is 493. The zero-order chi connectivity index (χ0) is 12.1. The molecule has 0 N–H and O–H groups in total. The SMILES string of the molecule is Cc1ccccc1N(C=O)Cc1ccccc1. The number of benzene rings is 2. The maximum atomic E-state index is 11.2. The van der Waals surface area contributed by atoms with Gasteiger partial charge in [0, 0.05) is 5.69 Å². The lowest BCUT2D eigenvalue weighted by Crippen LogP contribution is -2.21. The van der Waals surface area contributed by atoms with E-state index in [2.05, 4.69) is 0 Å². The maximum absolute atomic E-state index is 11.2. The van der Waals surface area contributed by atoms with Gasteiger partial charge in [-0.1, -0.05) is 48.5 Å². The van der Waals surface area contributed by atoms with E-state index in [1.807, 2.05) is 61.5 Å². The number of hydrogen-bond acceptors (Lipinski definition) is 1. The van der Waals surface area contributed by atoms with Gasteiger partial charge in [-0.05, 0) is 24.1 Å². The third kappa shape index (κ3) is 2.72. The third-order valence-electron chi connectivity index (χ3n) is 2.75. The number of carbonyl (C=O) groups is 1. The zero-order valence-corrected chi connectivity index (χ0v) is 9.84. The van der Waals surface area contributed by atoms with E-state index in [0.717, 1.165) is 23.2 Å².